The Labute approximate surface area is 188 Å². The van der Waals surface area contributed by atoms with Crippen LogP contribution in [-0.2, 0) is 0 Å². The second kappa shape index (κ2) is 9.32. The highest BCUT2D eigenvalue weighted by Crippen LogP contribution is 2.31. The van der Waals surface area contributed by atoms with Gasteiger partial charge in [0.1, 0.15) is 5.69 Å². The molecule has 3 aromatic rings. The number of nitrogens with two attached hydrogens (primary N) is 1. The van der Waals surface area contributed by atoms with Gasteiger partial charge in [0.15, 0.2) is 11.5 Å². The fraction of sp³-hybridized carbons (Fsp3) is 0.208. The third-order valence-corrected chi connectivity index (χ3v) is 5.35. The standard InChI is InChI=1S/C24H22F3N5O/c25-19-16-18(31-14-10-24(26,27)11-15-31)6-7-21(19)32-13-9-22(33)23(30-32)20(8-12-28)29-17-4-2-1-3-5-17/h1-9,12-13,16H,10-11,14-15,28H2. The van der Waals surface area contributed by atoms with Gasteiger partial charge < -0.3 is 10.6 Å². The highest BCUT2D eigenvalue weighted by Gasteiger charge is 2.34. The molecule has 9 heteroatoms. The summed E-state index contributed by atoms with van der Waals surface area (Å²) in [6.07, 6.45) is 3.53. The topological polar surface area (TPSA) is 76.5 Å². The van der Waals surface area contributed by atoms with Gasteiger partial charge >= 0.3 is 0 Å². The summed E-state index contributed by atoms with van der Waals surface area (Å²) in [7, 11) is 0. The molecule has 170 valence electrons. The van der Waals surface area contributed by atoms with Crippen molar-refractivity contribution < 1.29 is 13.2 Å². The van der Waals surface area contributed by atoms with Crippen LogP contribution in [0.4, 0.5) is 24.5 Å². The molecule has 1 aliphatic heterocycles. The second-order valence-electron chi connectivity index (χ2n) is 7.64. The number of benzene rings is 2. The SMILES string of the molecule is NC=CC(=Nc1ccccc1)c1nn(-c2ccc(N3CCC(F)(F)CC3)cc2F)ccc1=O. The Morgan fingerprint density at radius 3 is 2.48 bits per heavy atom. The molecule has 0 amide bonds. The number of aliphatic imine (C=N–C) groups is 1. The summed E-state index contributed by atoms with van der Waals surface area (Å²) in [6, 6.07) is 14.7. The predicted molar refractivity (Wildman–Crippen MR) is 122 cm³/mol. The third-order valence-electron chi connectivity index (χ3n) is 5.35. The van der Waals surface area contributed by atoms with Crippen LogP contribution < -0.4 is 16.1 Å². The number of anilines is 1. The number of hydrogen-bond acceptors (Lipinski definition) is 5. The van der Waals surface area contributed by atoms with Crippen molar-refractivity contribution in [1.29, 1.82) is 0 Å². The van der Waals surface area contributed by atoms with Crippen molar-refractivity contribution in [1.82, 2.24) is 9.78 Å². The van der Waals surface area contributed by atoms with Gasteiger partial charge in [-0.05, 0) is 42.6 Å². The number of allylic oxidation sites excluding steroid dienone is 1. The van der Waals surface area contributed by atoms with E-state index in [4.69, 9.17) is 5.73 Å². The van der Waals surface area contributed by atoms with E-state index in [2.05, 4.69) is 10.1 Å². The Kier molecular flexibility index (Phi) is 6.30. The van der Waals surface area contributed by atoms with Crippen molar-refractivity contribution in [2.24, 2.45) is 10.7 Å². The number of aromatic nitrogens is 2. The van der Waals surface area contributed by atoms with E-state index in [-0.39, 0.29) is 43.0 Å². The Bertz CT molecular complexity index is 1240. The van der Waals surface area contributed by atoms with Crippen molar-refractivity contribution in [3.8, 4) is 5.69 Å². The Hall–Kier alpha value is -3.88. The van der Waals surface area contributed by atoms with Crippen LogP contribution >= 0.6 is 0 Å². The number of halogens is 3. The average molecular weight is 453 g/mol. The van der Waals surface area contributed by atoms with Gasteiger partial charge in [-0.1, -0.05) is 18.2 Å². The first-order chi connectivity index (χ1) is 15.9. The smallest absolute Gasteiger partial charge is 0.251 e. The number of piperidine rings is 1. The molecule has 0 aliphatic carbocycles. The molecule has 2 heterocycles. The summed E-state index contributed by atoms with van der Waals surface area (Å²) >= 11 is 0. The zero-order valence-electron chi connectivity index (χ0n) is 17.7. The van der Waals surface area contributed by atoms with Gasteiger partial charge in [-0.15, -0.1) is 0 Å². The first-order valence-corrected chi connectivity index (χ1v) is 10.4. The number of nitrogens with zero attached hydrogens (tertiary/aromatic N) is 4. The molecule has 0 atom stereocenters. The molecule has 0 spiro atoms. The van der Waals surface area contributed by atoms with Crippen LogP contribution in [0.2, 0.25) is 0 Å². The number of hydrogen-bond donors (Lipinski definition) is 1. The minimum Gasteiger partial charge on any atom is -0.405 e. The van der Waals surface area contributed by atoms with Gasteiger partial charge in [-0.2, -0.15) is 5.10 Å². The van der Waals surface area contributed by atoms with Crippen molar-refractivity contribution in [3.05, 3.63) is 94.8 Å². The zero-order chi connectivity index (χ0) is 23.4. The number of alkyl halides is 2. The van der Waals surface area contributed by atoms with Crippen molar-refractivity contribution in [2.45, 2.75) is 18.8 Å². The Morgan fingerprint density at radius 2 is 1.82 bits per heavy atom. The normalized spacial score (nSPS) is 16.3. The van der Waals surface area contributed by atoms with Crippen LogP contribution in [0.3, 0.4) is 0 Å². The van der Waals surface area contributed by atoms with Crippen molar-refractivity contribution in [3.63, 3.8) is 0 Å². The first kappa shape index (κ1) is 22.3. The molecule has 1 fully saturated rings. The lowest BCUT2D eigenvalue weighted by molar-refractivity contribution is -0.0220. The molecule has 1 saturated heterocycles. The largest absolute Gasteiger partial charge is 0.405 e. The zero-order valence-corrected chi connectivity index (χ0v) is 17.7. The van der Waals surface area contributed by atoms with Gasteiger partial charge in [-0.3, -0.25) is 4.79 Å². The minimum atomic E-state index is -2.68. The predicted octanol–water partition coefficient (Wildman–Crippen LogP) is 4.20. The van der Waals surface area contributed by atoms with E-state index in [0.717, 1.165) is 0 Å². The summed E-state index contributed by atoms with van der Waals surface area (Å²) < 4.78 is 43.1. The molecule has 2 N–H and O–H groups in total. The maximum absolute atomic E-state index is 15.0. The summed E-state index contributed by atoms with van der Waals surface area (Å²) in [5, 5.41) is 4.29. The quantitative estimate of drug-likeness (QED) is 0.588. The van der Waals surface area contributed by atoms with Crippen LogP contribution in [0.1, 0.15) is 18.5 Å². The summed E-state index contributed by atoms with van der Waals surface area (Å²) in [4.78, 5) is 18.7. The third kappa shape index (κ3) is 5.14. The van der Waals surface area contributed by atoms with Crippen molar-refractivity contribution >= 4 is 17.1 Å². The maximum Gasteiger partial charge on any atom is 0.251 e. The van der Waals surface area contributed by atoms with E-state index in [0.29, 0.717) is 11.4 Å². The lowest BCUT2D eigenvalue weighted by atomic mass is 10.1. The molecule has 0 saturated carbocycles. The Balaban J connectivity index is 1.67. The van der Waals surface area contributed by atoms with Gasteiger partial charge in [0.2, 0.25) is 5.43 Å². The van der Waals surface area contributed by atoms with E-state index in [1.165, 1.54) is 41.4 Å². The van der Waals surface area contributed by atoms with Crippen LogP contribution in [0, 0.1) is 5.82 Å². The molecule has 1 aromatic heterocycles. The fourth-order valence-electron chi connectivity index (χ4n) is 3.59. The molecule has 2 aromatic carbocycles. The van der Waals surface area contributed by atoms with Crippen LogP contribution in [0.5, 0.6) is 0 Å². The van der Waals surface area contributed by atoms with E-state index in [9.17, 15) is 18.0 Å². The second-order valence-corrected chi connectivity index (χ2v) is 7.64. The minimum absolute atomic E-state index is 0.00444. The van der Waals surface area contributed by atoms with E-state index in [1.54, 1.807) is 35.2 Å². The highest BCUT2D eigenvalue weighted by atomic mass is 19.3. The molecule has 0 unspecified atom stereocenters. The van der Waals surface area contributed by atoms with Gasteiger partial charge in [0.25, 0.3) is 5.92 Å². The van der Waals surface area contributed by atoms with E-state index < -0.39 is 17.2 Å². The lowest BCUT2D eigenvalue weighted by Gasteiger charge is -2.33. The molecular weight excluding hydrogens is 431 g/mol. The monoisotopic (exact) mass is 453 g/mol. The van der Waals surface area contributed by atoms with E-state index >= 15 is 0 Å². The molecule has 1 aliphatic rings. The lowest BCUT2D eigenvalue weighted by Crippen LogP contribution is -2.39. The fourth-order valence-corrected chi connectivity index (χ4v) is 3.59. The molecule has 0 bridgehead atoms. The van der Waals surface area contributed by atoms with Gasteiger partial charge in [0.05, 0.1) is 11.4 Å². The maximum atomic E-state index is 15.0. The van der Waals surface area contributed by atoms with Crippen LogP contribution in [-0.4, -0.2) is 34.5 Å². The highest BCUT2D eigenvalue weighted by molar-refractivity contribution is 6.08. The van der Waals surface area contributed by atoms with Gasteiger partial charge in [-0.25, -0.2) is 22.8 Å². The van der Waals surface area contributed by atoms with Crippen molar-refractivity contribution in [2.75, 3.05) is 18.0 Å². The van der Waals surface area contributed by atoms with Crippen LogP contribution in [0.25, 0.3) is 5.69 Å². The van der Waals surface area contributed by atoms with Gasteiger partial charge in [0, 0.05) is 43.9 Å². The molecule has 6 nitrogen and oxygen atoms in total. The first-order valence-electron chi connectivity index (χ1n) is 10.4. The molecule has 4 rings (SSSR count). The molecule has 33 heavy (non-hydrogen) atoms. The Morgan fingerprint density at radius 1 is 1.09 bits per heavy atom. The number of rotatable bonds is 5. The molecule has 0 radical (unpaired) electrons. The number of para-hydroxylation sites is 1. The summed E-state index contributed by atoms with van der Waals surface area (Å²) in [5.41, 5.74) is 6.61. The van der Waals surface area contributed by atoms with Crippen LogP contribution in [0.15, 0.2) is 82.9 Å². The van der Waals surface area contributed by atoms with E-state index in [1.807, 2.05) is 6.07 Å². The molecular formula is C24H22F3N5O. The summed E-state index contributed by atoms with van der Waals surface area (Å²) in [5.74, 6) is -3.27. The average Bonchev–Trinajstić information content (AvgIpc) is 2.80. The summed E-state index contributed by atoms with van der Waals surface area (Å²) in [6.45, 7) is 0.299.